The zero-order chi connectivity index (χ0) is 12.4. The predicted octanol–water partition coefficient (Wildman–Crippen LogP) is 3.12. The Morgan fingerprint density at radius 2 is 1.94 bits per heavy atom. The first kappa shape index (κ1) is 12.6. The molecule has 0 atom stereocenters. The van der Waals surface area contributed by atoms with Crippen molar-refractivity contribution in [2.75, 3.05) is 25.5 Å². The van der Waals surface area contributed by atoms with Crippen LogP contribution < -0.4 is 5.32 Å². The SMILES string of the molecule is CN1CCC(Nc2c(F)cc(F)cc2Cl)CC1. The Morgan fingerprint density at radius 3 is 2.53 bits per heavy atom. The van der Waals surface area contributed by atoms with Crippen molar-refractivity contribution < 1.29 is 8.78 Å². The number of benzene rings is 1. The predicted molar refractivity (Wildman–Crippen MR) is 65.5 cm³/mol. The molecule has 1 fully saturated rings. The molecule has 17 heavy (non-hydrogen) atoms. The van der Waals surface area contributed by atoms with Crippen LogP contribution in [0.3, 0.4) is 0 Å². The third-order valence-corrected chi connectivity index (χ3v) is 3.37. The van der Waals surface area contributed by atoms with Gasteiger partial charge in [0.25, 0.3) is 0 Å². The molecule has 1 N–H and O–H groups in total. The molecule has 94 valence electrons. The summed E-state index contributed by atoms with van der Waals surface area (Å²) in [6.07, 6.45) is 1.87. The van der Waals surface area contributed by atoms with Gasteiger partial charge in [-0.2, -0.15) is 0 Å². The Balaban J connectivity index is 2.08. The molecule has 1 aromatic rings. The molecular weight excluding hydrogens is 246 g/mol. The van der Waals surface area contributed by atoms with Crippen LogP contribution in [0.4, 0.5) is 14.5 Å². The molecule has 1 aliphatic rings. The number of nitrogens with one attached hydrogen (secondary N) is 1. The van der Waals surface area contributed by atoms with Crippen molar-refractivity contribution in [2.45, 2.75) is 18.9 Å². The minimum Gasteiger partial charge on any atom is -0.379 e. The highest BCUT2D eigenvalue weighted by atomic mass is 35.5. The zero-order valence-corrected chi connectivity index (χ0v) is 10.4. The van der Waals surface area contributed by atoms with Crippen molar-refractivity contribution in [1.82, 2.24) is 4.90 Å². The van der Waals surface area contributed by atoms with Crippen molar-refractivity contribution in [1.29, 1.82) is 0 Å². The number of rotatable bonds is 2. The van der Waals surface area contributed by atoms with E-state index in [-0.39, 0.29) is 16.8 Å². The molecule has 0 aliphatic carbocycles. The first-order valence-electron chi connectivity index (χ1n) is 5.66. The molecule has 0 aromatic heterocycles. The minimum atomic E-state index is -0.651. The van der Waals surface area contributed by atoms with Gasteiger partial charge in [0.15, 0.2) is 5.82 Å². The third-order valence-electron chi connectivity index (χ3n) is 3.07. The van der Waals surface area contributed by atoms with E-state index in [2.05, 4.69) is 17.3 Å². The summed E-state index contributed by atoms with van der Waals surface area (Å²) in [5.74, 6) is -1.28. The van der Waals surface area contributed by atoms with Gasteiger partial charge in [-0.1, -0.05) is 11.6 Å². The molecule has 1 aliphatic heterocycles. The topological polar surface area (TPSA) is 15.3 Å². The van der Waals surface area contributed by atoms with Gasteiger partial charge in [-0.15, -0.1) is 0 Å². The smallest absolute Gasteiger partial charge is 0.150 e. The molecule has 5 heteroatoms. The molecule has 0 saturated carbocycles. The summed E-state index contributed by atoms with van der Waals surface area (Å²) in [6, 6.07) is 2.18. The fourth-order valence-corrected chi connectivity index (χ4v) is 2.29. The second-order valence-electron chi connectivity index (χ2n) is 4.47. The van der Waals surface area contributed by atoms with Gasteiger partial charge in [0, 0.05) is 12.1 Å². The van der Waals surface area contributed by atoms with E-state index in [1.807, 2.05) is 0 Å². The van der Waals surface area contributed by atoms with E-state index in [0.29, 0.717) is 0 Å². The van der Waals surface area contributed by atoms with Crippen LogP contribution in [0.25, 0.3) is 0 Å². The number of likely N-dealkylation sites (tertiary alicyclic amines) is 1. The van der Waals surface area contributed by atoms with Crippen LogP contribution in [0.15, 0.2) is 12.1 Å². The molecule has 0 radical (unpaired) electrons. The summed E-state index contributed by atoms with van der Waals surface area (Å²) in [5.41, 5.74) is 0.211. The molecule has 0 spiro atoms. The maximum absolute atomic E-state index is 13.5. The van der Waals surface area contributed by atoms with Crippen LogP contribution in [0.2, 0.25) is 5.02 Å². The summed E-state index contributed by atoms with van der Waals surface area (Å²) in [7, 11) is 2.06. The molecule has 1 heterocycles. The van der Waals surface area contributed by atoms with E-state index in [4.69, 9.17) is 11.6 Å². The quantitative estimate of drug-likeness (QED) is 0.879. The summed E-state index contributed by atoms with van der Waals surface area (Å²) in [6.45, 7) is 1.94. The number of piperidine rings is 1. The van der Waals surface area contributed by atoms with E-state index in [9.17, 15) is 8.78 Å². The minimum absolute atomic E-state index is 0.0985. The highest BCUT2D eigenvalue weighted by Crippen LogP contribution is 2.28. The van der Waals surface area contributed by atoms with Crippen LogP contribution in [-0.2, 0) is 0 Å². The van der Waals surface area contributed by atoms with Crippen molar-refractivity contribution in [3.63, 3.8) is 0 Å². The summed E-state index contributed by atoms with van der Waals surface area (Å²) < 4.78 is 26.4. The number of halogens is 3. The van der Waals surface area contributed by atoms with Crippen molar-refractivity contribution in [2.24, 2.45) is 0 Å². The third kappa shape index (κ3) is 3.07. The maximum atomic E-state index is 13.5. The highest BCUT2D eigenvalue weighted by molar-refractivity contribution is 6.33. The molecule has 0 bridgehead atoms. The average molecular weight is 261 g/mol. The Hall–Kier alpha value is -0.870. The fraction of sp³-hybridized carbons (Fsp3) is 0.500. The molecule has 2 rings (SSSR count). The van der Waals surface area contributed by atoms with Crippen LogP contribution in [0, 0.1) is 11.6 Å². The lowest BCUT2D eigenvalue weighted by atomic mass is 10.1. The van der Waals surface area contributed by atoms with Crippen LogP contribution in [0.1, 0.15) is 12.8 Å². The standard InChI is InChI=1S/C12H15ClF2N2/c1-17-4-2-9(3-5-17)16-12-10(13)6-8(14)7-11(12)15/h6-7,9,16H,2-5H2,1H3. The fourth-order valence-electron chi connectivity index (χ4n) is 2.04. The Kier molecular flexibility index (Phi) is 3.84. The number of hydrogen-bond donors (Lipinski definition) is 1. The molecule has 1 saturated heterocycles. The van der Waals surface area contributed by atoms with Crippen molar-refractivity contribution >= 4 is 17.3 Å². The van der Waals surface area contributed by atoms with Gasteiger partial charge in [-0.3, -0.25) is 0 Å². The van der Waals surface area contributed by atoms with Gasteiger partial charge in [0.1, 0.15) is 5.82 Å². The van der Waals surface area contributed by atoms with Crippen LogP contribution >= 0.6 is 11.6 Å². The molecule has 0 unspecified atom stereocenters. The highest BCUT2D eigenvalue weighted by Gasteiger charge is 2.19. The van der Waals surface area contributed by atoms with E-state index in [1.165, 1.54) is 0 Å². The van der Waals surface area contributed by atoms with Crippen LogP contribution in [-0.4, -0.2) is 31.1 Å². The Morgan fingerprint density at radius 1 is 1.29 bits per heavy atom. The second kappa shape index (κ2) is 5.19. The monoisotopic (exact) mass is 260 g/mol. The first-order valence-corrected chi connectivity index (χ1v) is 6.03. The average Bonchev–Trinajstić information content (AvgIpc) is 2.26. The van der Waals surface area contributed by atoms with Gasteiger partial charge in [0.2, 0.25) is 0 Å². The van der Waals surface area contributed by atoms with E-state index >= 15 is 0 Å². The summed E-state index contributed by atoms with van der Waals surface area (Å²) in [4.78, 5) is 2.22. The van der Waals surface area contributed by atoms with E-state index in [0.717, 1.165) is 38.1 Å². The summed E-state index contributed by atoms with van der Waals surface area (Å²) >= 11 is 5.83. The lowest BCUT2D eigenvalue weighted by Crippen LogP contribution is -2.36. The van der Waals surface area contributed by atoms with Gasteiger partial charge in [-0.05, 0) is 39.0 Å². The number of nitrogens with zero attached hydrogens (tertiary/aromatic N) is 1. The first-order chi connectivity index (χ1) is 8.06. The molecule has 1 aromatic carbocycles. The van der Waals surface area contributed by atoms with E-state index in [1.54, 1.807) is 0 Å². The second-order valence-corrected chi connectivity index (χ2v) is 4.87. The van der Waals surface area contributed by atoms with Gasteiger partial charge < -0.3 is 10.2 Å². The normalized spacial score (nSPS) is 18.4. The van der Waals surface area contributed by atoms with Gasteiger partial charge in [0.05, 0.1) is 10.7 Å². The molecular formula is C12H15ClF2N2. The molecule has 2 nitrogen and oxygen atoms in total. The van der Waals surface area contributed by atoms with Crippen molar-refractivity contribution in [3.8, 4) is 0 Å². The maximum Gasteiger partial charge on any atom is 0.150 e. The number of anilines is 1. The van der Waals surface area contributed by atoms with Gasteiger partial charge in [-0.25, -0.2) is 8.78 Å². The number of hydrogen-bond acceptors (Lipinski definition) is 2. The Labute approximate surface area is 105 Å². The van der Waals surface area contributed by atoms with Crippen LogP contribution in [0.5, 0.6) is 0 Å². The summed E-state index contributed by atoms with van der Waals surface area (Å²) in [5, 5.41) is 3.16. The zero-order valence-electron chi connectivity index (χ0n) is 9.64. The largest absolute Gasteiger partial charge is 0.379 e. The van der Waals surface area contributed by atoms with Gasteiger partial charge >= 0.3 is 0 Å². The molecule has 0 amide bonds. The Bertz CT molecular complexity index is 380. The lowest BCUT2D eigenvalue weighted by molar-refractivity contribution is 0.263. The van der Waals surface area contributed by atoms with Crippen molar-refractivity contribution in [3.05, 3.63) is 28.8 Å². The van der Waals surface area contributed by atoms with E-state index < -0.39 is 11.6 Å². The lowest BCUT2D eigenvalue weighted by Gasteiger charge is -2.30.